The summed E-state index contributed by atoms with van der Waals surface area (Å²) in [6, 6.07) is 15.0. The first-order chi connectivity index (χ1) is 12.9. The van der Waals surface area contributed by atoms with Crippen molar-refractivity contribution < 1.29 is 35.4 Å². The van der Waals surface area contributed by atoms with E-state index in [9.17, 15) is 9.18 Å². The van der Waals surface area contributed by atoms with Crippen molar-refractivity contribution >= 4 is 11.8 Å². The molecule has 0 radical (unpaired) electrons. The van der Waals surface area contributed by atoms with Gasteiger partial charge in [0.25, 0.3) is 0 Å². The van der Waals surface area contributed by atoms with Crippen molar-refractivity contribution in [3.05, 3.63) is 54.3 Å². The first-order valence-corrected chi connectivity index (χ1v) is 9.60. The molecule has 6 heteroatoms. The largest absolute Gasteiger partial charge is 1.00 e. The first-order valence-electron chi connectivity index (χ1n) is 9.60. The molecule has 2 heterocycles. The van der Waals surface area contributed by atoms with Crippen molar-refractivity contribution in [3.63, 3.8) is 0 Å². The van der Waals surface area contributed by atoms with Gasteiger partial charge in [-0.2, -0.15) is 0 Å². The molecule has 2 fully saturated rings. The van der Waals surface area contributed by atoms with Gasteiger partial charge in [-0.05, 0) is 17.7 Å². The monoisotopic (exact) mass is 448 g/mol. The molecule has 1 N–H and O–H groups in total. The topological polar surface area (TPSA) is 38.3 Å². The van der Waals surface area contributed by atoms with E-state index in [2.05, 4.69) is 19.4 Å². The average Bonchev–Trinajstić information content (AvgIpc) is 2.80. The van der Waals surface area contributed by atoms with E-state index >= 15 is 0 Å². The first kappa shape index (κ1) is 20.8. The van der Waals surface area contributed by atoms with Crippen LogP contribution in [0.25, 0.3) is 11.1 Å². The van der Waals surface area contributed by atoms with E-state index in [0.717, 1.165) is 22.9 Å². The maximum Gasteiger partial charge on any atom is 0.411 e. The summed E-state index contributed by atoms with van der Waals surface area (Å²) in [7, 11) is 4.55. The van der Waals surface area contributed by atoms with Crippen molar-refractivity contribution in [2.24, 2.45) is 0 Å². The smallest absolute Gasteiger partial charge is 0.411 e. The molecule has 2 aromatic carbocycles. The fraction of sp³-hybridized carbons (Fsp3) is 0.409. The Morgan fingerprint density at radius 1 is 1.04 bits per heavy atom. The van der Waals surface area contributed by atoms with E-state index in [4.69, 9.17) is 4.74 Å². The summed E-state index contributed by atoms with van der Waals surface area (Å²) in [6.07, 6.45) is 3.61. The Bertz CT molecular complexity index is 828. The van der Waals surface area contributed by atoms with Gasteiger partial charge < -0.3 is 26.2 Å². The zero-order valence-electron chi connectivity index (χ0n) is 16.2. The number of fused-ring (bicyclic) bond motifs is 2. The number of quaternary nitrogens is 1. The highest BCUT2D eigenvalue weighted by atomic mass is 79.9. The Labute approximate surface area is 176 Å². The summed E-state index contributed by atoms with van der Waals surface area (Å²) in [5.41, 5.74) is 1.54. The number of hydrogen-bond acceptors (Lipinski definition) is 2. The number of ether oxygens (including phenoxy) is 1. The Morgan fingerprint density at radius 3 is 2.32 bits per heavy atom. The van der Waals surface area contributed by atoms with Crippen LogP contribution in [0.4, 0.5) is 14.9 Å². The number of carbonyl (C=O) groups is 1. The van der Waals surface area contributed by atoms with Gasteiger partial charge in [0, 0.05) is 31.2 Å². The summed E-state index contributed by atoms with van der Waals surface area (Å²) in [6.45, 7) is 0. The van der Waals surface area contributed by atoms with Crippen molar-refractivity contribution in [1.82, 2.24) is 0 Å². The second-order valence-electron chi connectivity index (χ2n) is 8.17. The highest BCUT2D eigenvalue weighted by molar-refractivity contribution is 5.91. The number of halogens is 2. The quantitative estimate of drug-likeness (QED) is 0.727. The molecule has 1 amide bonds. The lowest BCUT2D eigenvalue weighted by Crippen LogP contribution is -3.00. The van der Waals surface area contributed by atoms with E-state index in [0.29, 0.717) is 23.3 Å². The van der Waals surface area contributed by atoms with Crippen LogP contribution in [-0.4, -0.2) is 42.9 Å². The zero-order valence-corrected chi connectivity index (χ0v) is 17.8. The van der Waals surface area contributed by atoms with Crippen LogP contribution in [0.2, 0.25) is 0 Å². The number of anilines is 1. The third kappa shape index (κ3) is 3.94. The molecular weight excluding hydrogens is 423 g/mol. The van der Waals surface area contributed by atoms with Crippen LogP contribution in [0.5, 0.6) is 0 Å². The number of hydrogen-bond donors (Lipinski definition) is 1. The predicted molar refractivity (Wildman–Crippen MR) is 104 cm³/mol. The SMILES string of the molecule is C[N+]1(C)[C@@H]2CC[C@H]1C[C@@H](OC(=O)Nc1cccc(F)c1-c1ccccc1)C2.[Br-]. The minimum atomic E-state index is -0.505. The normalized spacial score (nSPS) is 24.9. The van der Waals surface area contributed by atoms with Crippen LogP contribution in [0, 0.1) is 5.82 Å². The fourth-order valence-corrected chi connectivity index (χ4v) is 4.74. The van der Waals surface area contributed by atoms with E-state index in [1.165, 1.54) is 18.9 Å². The minimum Gasteiger partial charge on any atom is -1.00 e. The summed E-state index contributed by atoms with van der Waals surface area (Å²) < 4.78 is 21.2. The van der Waals surface area contributed by atoms with E-state index in [1.54, 1.807) is 12.1 Å². The molecule has 2 saturated heterocycles. The molecule has 0 spiro atoms. The molecule has 0 aliphatic carbocycles. The van der Waals surface area contributed by atoms with Crippen molar-refractivity contribution in [1.29, 1.82) is 0 Å². The summed E-state index contributed by atoms with van der Waals surface area (Å²) in [4.78, 5) is 12.5. The molecule has 0 aromatic heterocycles. The van der Waals surface area contributed by atoms with Gasteiger partial charge in [0.1, 0.15) is 11.9 Å². The molecule has 4 rings (SSSR count). The third-order valence-electron chi connectivity index (χ3n) is 6.37. The Balaban J connectivity index is 0.00000225. The van der Waals surface area contributed by atoms with Gasteiger partial charge in [-0.1, -0.05) is 36.4 Å². The minimum absolute atomic E-state index is 0. The highest BCUT2D eigenvalue weighted by Crippen LogP contribution is 2.40. The number of benzene rings is 2. The van der Waals surface area contributed by atoms with Crippen LogP contribution >= 0.6 is 0 Å². The summed E-state index contributed by atoms with van der Waals surface area (Å²) in [5.74, 6) is -0.367. The fourth-order valence-electron chi connectivity index (χ4n) is 4.74. The third-order valence-corrected chi connectivity index (χ3v) is 6.37. The molecule has 28 heavy (non-hydrogen) atoms. The molecular formula is C22H26BrFN2O2. The maximum absolute atomic E-state index is 14.4. The van der Waals surface area contributed by atoms with Crippen molar-refractivity contribution in [3.8, 4) is 11.1 Å². The van der Waals surface area contributed by atoms with Crippen molar-refractivity contribution in [2.75, 3.05) is 19.4 Å². The zero-order chi connectivity index (χ0) is 19.0. The number of nitrogens with zero attached hydrogens (tertiary/aromatic N) is 1. The number of piperidine rings is 1. The number of carbonyl (C=O) groups excluding carboxylic acids is 1. The van der Waals surface area contributed by atoms with Gasteiger partial charge in [-0.3, -0.25) is 5.32 Å². The highest BCUT2D eigenvalue weighted by Gasteiger charge is 2.49. The van der Waals surface area contributed by atoms with E-state index < -0.39 is 6.09 Å². The molecule has 0 saturated carbocycles. The summed E-state index contributed by atoms with van der Waals surface area (Å²) >= 11 is 0. The van der Waals surface area contributed by atoms with Crippen molar-refractivity contribution in [2.45, 2.75) is 43.9 Å². The Kier molecular flexibility index (Phi) is 6.10. The van der Waals surface area contributed by atoms with Crippen LogP contribution in [0.3, 0.4) is 0 Å². The van der Waals surface area contributed by atoms with Gasteiger partial charge in [0.15, 0.2) is 0 Å². The van der Waals surface area contributed by atoms with Gasteiger partial charge in [-0.25, -0.2) is 9.18 Å². The maximum atomic E-state index is 14.4. The van der Waals surface area contributed by atoms with Gasteiger partial charge >= 0.3 is 6.09 Å². The van der Waals surface area contributed by atoms with Gasteiger partial charge in [-0.15, -0.1) is 0 Å². The van der Waals surface area contributed by atoms with Crippen LogP contribution < -0.4 is 22.3 Å². The molecule has 2 aliphatic rings. The number of rotatable bonds is 3. The predicted octanol–water partition coefficient (Wildman–Crippen LogP) is 1.81. The standard InChI is InChI=1S/C22H25FN2O2.BrH/c1-25(2)16-11-12-17(25)14-18(13-16)27-22(26)24-20-10-6-9-19(23)21(20)15-7-4-3-5-8-15;/h3-10,16-18H,11-14H2,1-2H3;1H/t16-,17+,18+;. The Hall–Kier alpha value is -1.92. The molecule has 4 nitrogen and oxygen atoms in total. The van der Waals surface area contributed by atoms with E-state index in [1.807, 2.05) is 30.3 Å². The number of amides is 1. The van der Waals surface area contributed by atoms with E-state index in [-0.39, 0.29) is 28.9 Å². The molecule has 2 bridgehead atoms. The van der Waals surface area contributed by atoms with Crippen LogP contribution in [-0.2, 0) is 4.74 Å². The number of nitrogens with one attached hydrogen (secondary N) is 1. The van der Waals surface area contributed by atoms with Gasteiger partial charge in [0.05, 0.1) is 31.9 Å². The summed E-state index contributed by atoms with van der Waals surface area (Å²) in [5, 5.41) is 2.76. The van der Waals surface area contributed by atoms with Gasteiger partial charge in [0.2, 0.25) is 0 Å². The molecule has 0 unspecified atom stereocenters. The lowest BCUT2D eigenvalue weighted by molar-refractivity contribution is -0.931. The lowest BCUT2D eigenvalue weighted by Gasteiger charge is -2.43. The average molecular weight is 449 g/mol. The second kappa shape index (κ2) is 8.21. The molecule has 3 atom stereocenters. The van der Waals surface area contributed by atoms with Crippen LogP contribution in [0.1, 0.15) is 25.7 Å². The molecule has 150 valence electrons. The van der Waals surface area contributed by atoms with Crippen LogP contribution in [0.15, 0.2) is 48.5 Å². The molecule has 2 aliphatic heterocycles. The second-order valence-corrected chi connectivity index (χ2v) is 8.17. The Morgan fingerprint density at radius 2 is 1.68 bits per heavy atom. The lowest BCUT2D eigenvalue weighted by atomic mass is 9.98. The molecule has 2 aromatic rings.